The molecule has 16 heteroatoms. The molecule has 1 fully saturated rings. The second-order valence-electron chi connectivity index (χ2n) is 7.77. The highest BCUT2D eigenvalue weighted by Crippen LogP contribution is 2.41. The number of amides is 2. The van der Waals surface area contributed by atoms with Crippen molar-refractivity contribution in [2.45, 2.75) is 34.7 Å². The number of thiazole rings is 1. The first-order chi connectivity index (χ1) is 17.4. The number of β-lactam (4-membered cyclic amide) rings is 1. The molecule has 4 N–H and O–H groups in total. The zero-order chi connectivity index (χ0) is 25.2. The van der Waals surface area contributed by atoms with Gasteiger partial charge in [0.15, 0.2) is 15.2 Å². The van der Waals surface area contributed by atoms with Crippen molar-refractivity contribution in [1.29, 1.82) is 0 Å². The predicted octanol–water partition coefficient (Wildman–Crippen LogP) is 1.55. The third-order valence-corrected chi connectivity index (χ3v) is 9.43. The number of hydrogen-bond donors (Lipinski definition) is 3. The van der Waals surface area contributed by atoms with Crippen LogP contribution < -0.4 is 11.1 Å². The van der Waals surface area contributed by atoms with E-state index in [-0.39, 0.29) is 28.3 Å². The first-order valence-electron chi connectivity index (χ1n) is 10.6. The summed E-state index contributed by atoms with van der Waals surface area (Å²) in [6.45, 7) is 0. The molecule has 2 unspecified atom stereocenters. The van der Waals surface area contributed by atoms with Gasteiger partial charge in [0.2, 0.25) is 0 Å². The number of aromatic nitrogens is 3. The summed E-state index contributed by atoms with van der Waals surface area (Å²) < 4.78 is 0.712. The molecule has 3 atom stereocenters. The molecular formula is C20H19N7O5S4. The fourth-order valence-corrected chi connectivity index (χ4v) is 7.31. The summed E-state index contributed by atoms with van der Waals surface area (Å²) >= 11 is 5.26. The molecule has 36 heavy (non-hydrogen) atoms. The molecule has 0 aromatic carbocycles. The van der Waals surface area contributed by atoms with E-state index in [1.807, 2.05) is 12.2 Å². The first kappa shape index (κ1) is 24.7. The average Bonchev–Trinajstić information content (AvgIpc) is 3.64. The van der Waals surface area contributed by atoms with Gasteiger partial charge in [-0.15, -0.1) is 33.3 Å². The minimum absolute atomic E-state index is 0.0521. The third kappa shape index (κ3) is 4.98. The number of oxime groups is 1. The highest BCUT2D eigenvalue weighted by atomic mass is 32.2. The zero-order valence-electron chi connectivity index (χ0n) is 18.4. The SMILES string of the molecule is Nc1nc(C(=NOC2C=CCC2)C(=O)NC2C(=O)N3C(C(=O)O)=C(CSc4nncs4)CS[C@H]23)cs1. The molecular weight excluding hydrogens is 547 g/mol. The topological polar surface area (TPSA) is 173 Å². The lowest BCUT2D eigenvalue weighted by Gasteiger charge is -2.49. The van der Waals surface area contributed by atoms with Crippen molar-refractivity contribution >= 4 is 74.8 Å². The number of carboxylic acids is 1. The normalized spacial score (nSPS) is 23.4. The van der Waals surface area contributed by atoms with E-state index in [1.165, 1.54) is 39.8 Å². The quantitative estimate of drug-likeness (QED) is 0.132. The lowest BCUT2D eigenvalue weighted by atomic mass is 10.0. The maximum absolute atomic E-state index is 13.2. The molecule has 0 spiro atoms. The molecule has 3 aliphatic rings. The first-order valence-corrected chi connectivity index (χ1v) is 14.4. The van der Waals surface area contributed by atoms with E-state index in [2.05, 4.69) is 25.7 Å². The number of aliphatic carboxylic acids is 1. The van der Waals surface area contributed by atoms with Crippen LogP contribution in [0.25, 0.3) is 0 Å². The summed E-state index contributed by atoms with van der Waals surface area (Å²) in [6, 6.07) is -0.915. The Morgan fingerprint density at radius 3 is 2.92 bits per heavy atom. The number of carbonyl (C=O) groups is 3. The Morgan fingerprint density at radius 1 is 1.39 bits per heavy atom. The van der Waals surface area contributed by atoms with Crippen LogP contribution >= 0.6 is 46.2 Å². The Balaban J connectivity index is 1.31. The number of rotatable bonds is 9. The van der Waals surface area contributed by atoms with Gasteiger partial charge in [-0.3, -0.25) is 14.5 Å². The largest absolute Gasteiger partial charge is 0.477 e. The number of hydrogen-bond acceptors (Lipinski definition) is 13. The fraction of sp³-hybridized carbons (Fsp3) is 0.350. The van der Waals surface area contributed by atoms with Crippen molar-refractivity contribution in [3.63, 3.8) is 0 Å². The van der Waals surface area contributed by atoms with E-state index in [1.54, 1.807) is 10.9 Å². The molecule has 1 aliphatic carbocycles. The van der Waals surface area contributed by atoms with E-state index < -0.39 is 29.2 Å². The summed E-state index contributed by atoms with van der Waals surface area (Å²) in [5, 5.41) is 25.6. The number of allylic oxidation sites excluding steroid dienone is 1. The van der Waals surface area contributed by atoms with Crippen molar-refractivity contribution in [3.05, 3.63) is 40.0 Å². The molecule has 2 aliphatic heterocycles. The molecule has 12 nitrogen and oxygen atoms in total. The smallest absolute Gasteiger partial charge is 0.352 e. The fourth-order valence-electron chi connectivity index (χ4n) is 3.79. The third-order valence-electron chi connectivity index (χ3n) is 5.47. The number of thioether (sulfide) groups is 2. The van der Waals surface area contributed by atoms with Gasteiger partial charge in [0.05, 0.1) is 0 Å². The summed E-state index contributed by atoms with van der Waals surface area (Å²) in [5.74, 6) is -1.58. The number of carboxylic acid groups (broad SMARTS) is 1. The van der Waals surface area contributed by atoms with Gasteiger partial charge in [-0.1, -0.05) is 34.3 Å². The monoisotopic (exact) mass is 565 g/mol. The Kier molecular flexibility index (Phi) is 7.27. The zero-order valence-corrected chi connectivity index (χ0v) is 21.7. The van der Waals surface area contributed by atoms with E-state index in [0.29, 0.717) is 21.4 Å². The lowest BCUT2D eigenvalue weighted by molar-refractivity contribution is -0.150. The lowest BCUT2D eigenvalue weighted by Crippen LogP contribution is -2.71. The van der Waals surface area contributed by atoms with E-state index in [4.69, 9.17) is 10.6 Å². The highest BCUT2D eigenvalue weighted by molar-refractivity contribution is 8.01. The van der Waals surface area contributed by atoms with Crippen molar-refractivity contribution in [1.82, 2.24) is 25.4 Å². The van der Waals surface area contributed by atoms with Crippen molar-refractivity contribution in [2.75, 3.05) is 17.2 Å². The summed E-state index contributed by atoms with van der Waals surface area (Å²) in [4.78, 5) is 49.1. The summed E-state index contributed by atoms with van der Waals surface area (Å²) in [6.07, 6.45) is 5.18. The van der Waals surface area contributed by atoms with Crippen molar-refractivity contribution in [3.8, 4) is 0 Å². The van der Waals surface area contributed by atoms with Crippen LogP contribution in [0.4, 0.5) is 5.13 Å². The maximum Gasteiger partial charge on any atom is 0.352 e. The molecule has 0 bridgehead atoms. The molecule has 0 saturated carbocycles. The minimum atomic E-state index is -1.19. The van der Waals surface area contributed by atoms with Crippen LogP contribution in [0.3, 0.4) is 0 Å². The van der Waals surface area contributed by atoms with Gasteiger partial charge in [0.25, 0.3) is 11.8 Å². The van der Waals surface area contributed by atoms with Gasteiger partial charge in [-0.25, -0.2) is 9.78 Å². The number of carbonyl (C=O) groups excluding carboxylic acids is 2. The Hall–Kier alpha value is -2.95. The molecule has 188 valence electrons. The van der Waals surface area contributed by atoms with Crippen molar-refractivity contribution < 1.29 is 24.3 Å². The second-order valence-corrected chi connectivity index (χ2v) is 11.8. The van der Waals surface area contributed by atoms with E-state index in [9.17, 15) is 19.5 Å². The van der Waals surface area contributed by atoms with Gasteiger partial charge in [0, 0.05) is 16.9 Å². The number of nitrogens with zero attached hydrogens (tertiary/aromatic N) is 5. The maximum atomic E-state index is 13.2. The summed E-state index contributed by atoms with van der Waals surface area (Å²) in [5.41, 5.74) is 8.02. The van der Waals surface area contributed by atoms with E-state index >= 15 is 0 Å². The van der Waals surface area contributed by atoms with Gasteiger partial charge >= 0.3 is 5.97 Å². The minimum Gasteiger partial charge on any atom is -0.477 e. The van der Waals surface area contributed by atoms with Crippen LogP contribution in [-0.2, 0) is 19.2 Å². The highest BCUT2D eigenvalue weighted by Gasteiger charge is 2.54. The number of nitrogen functional groups attached to an aromatic ring is 1. The second kappa shape index (κ2) is 10.6. The van der Waals surface area contributed by atoms with Crippen molar-refractivity contribution in [2.24, 2.45) is 5.16 Å². The molecule has 5 rings (SSSR count). The Bertz CT molecular complexity index is 1280. The van der Waals surface area contributed by atoms with Gasteiger partial charge in [-0.2, -0.15) is 0 Å². The van der Waals surface area contributed by atoms with Crippen LogP contribution in [-0.4, -0.2) is 77.7 Å². The van der Waals surface area contributed by atoms with Crippen LogP contribution in [0.2, 0.25) is 0 Å². The number of fused-ring (bicyclic) bond motifs is 1. The van der Waals surface area contributed by atoms with Gasteiger partial charge in [-0.05, 0) is 24.5 Å². The van der Waals surface area contributed by atoms with E-state index in [0.717, 1.165) is 24.2 Å². The number of nitrogens with two attached hydrogens (primary N) is 1. The molecule has 1 saturated heterocycles. The number of nitrogens with one attached hydrogen (secondary N) is 1. The Labute approximate surface area is 221 Å². The van der Waals surface area contributed by atoms with Crippen LogP contribution in [0, 0.1) is 0 Å². The summed E-state index contributed by atoms with van der Waals surface area (Å²) in [7, 11) is 0. The average molecular weight is 566 g/mol. The van der Waals surface area contributed by atoms with Crippen LogP contribution in [0.15, 0.2) is 43.8 Å². The molecule has 0 radical (unpaired) electrons. The molecule has 4 heterocycles. The van der Waals surface area contributed by atoms with Crippen LogP contribution in [0.5, 0.6) is 0 Å². The molecule has 2 amide bonds. The van der Waals surface area contributed by atoms with Crippen LogP contribution in [0.1, 0.15) is 18.5 Å². The Morgan fingerprint density at radius 2 is 2.25 bits per heavy atom. The van der Waals surface area contributed by atoms with Gasteiger partial charge in [0.1, 0.15) is 34.4 Å². The standard InChI is InChI=1S/C20H19N7O5S4/c21-19-23-11(7-34-19)12(26-32-10-3-1-2-4-10)15(28)24-13-16(29)27-14(18(30)31)9(5-33-17(13)27)6-35-20-25-22-8-36-20/h1,3,7-8,10,13,17H,2,4-6H2,(H2,21,23)(H,24,28)(H,30,31)/t10?,13?,17-/m1/s1. The van der Waals surface area contributed by atoms with Gasteiger partial charge < -0.3 is 21.0 Å². The molecule has 2 aromatic heterocycles. The number of anilines is 1. The predicted molar refractivity (Wildman–Crippen MR) is 137 cm³/mol. The molecule has 2 aromatic rings.